The maximum absolute atomic E-state index is 11.6. The summed E-state index contributed by atoms with van der Waals surface area (Å²) in [6.07, 6.45) is -0.553. The van der Waals surface area contributed by atoms with Crippen LogP contribution in [0.15, 0.2) is 24.3 Å². The second-order valence-electron chi connectivity index (χ2n) is 3.85. The van der Waals surface area contributed by atoms with E-state index in [9.17, 15) is 4.79 Å². The summed E-state index contributed by atoms with van der Waals surface area (Å²) < 4.78 is 5.46. The molecule has 0 saturated heterocycles. The third-order valence-corrected chi connectivity index (χ3v) is 2.25. The van der Waals surface area contributed by atoms with Crippen molar-refractivity contribution in [3.05, 3.63) is 29.3 Å². The summed E-state index contributed by atoms with van der Waals surface area (Å²) >= 11 is 5.92. The van der Waals surface area contributed by atoms with Crippen LogP contribution in [0.3, 0.4) is 0 Å². The van der Waals surface area contributed by atoms with Gasteiger partial charge in [0.15, 0.2) is 6.10 Å². The molecule has 0 fully saturated rings. The third-order valence-electron chi connectivity index (χ3n) is 1.94. The van der Waals surface area contributed by atoms with E-state index < -0.39 is 6.10 Å². The van der Waals surface area contributed by atoms with Crippen molar-refractivity contribution in [3.8, 4) is 5.75 Å². The molecule has 3 nitrogen and oxygen atoms in total. The van der Waals surface area contributed by atoms with Crippen molar-refractivity contribution in [1.82, 2.24) is 5.32 Å². The summed E-state index contributed by atoms with van der Waals surface area (Å²) in [6.45, 7) is 5.50. The summed E-state index contributed by atoms with van der Waals surface area (Å²) in [5.74, 6) is 0.380. The zero-order valence-corrected chi connectivity index (χ0v) is 10.4. The van der Waals surface area contributed by atoms with Crippen molar-refractivity contribution in [2.24, 2.45) is 0 Å². The molecule has 0 aliphatic heterocycles. The predicted octanol–water partition coefficient (Wildman–Crippen LogP) is 2.63. The number of rotatable bonds is 4. The van der Waals surface area contributed by atoms with E-state index in [4.69, 9.17) is 16.3 Å². The van der Waals surface area contributed by atoms with Crippen LogP contribution in [-0.2, 0) is 4.79 Å². The molecule has 0 spiro atoms. The fourth-order valence-corrected chi connectivity index (χ4v) is 1.37. The lowest BCUT2D eigenvalue weighted by Crippen LogP contribution is -2.40. The third kappa shape index (κ3) is 3.74. The largest absolute Gasteiger partial charge is 0.479 e. The quantitative estimate of drug-likeness (QED) is 0.880. The van der Waals surface area contributed by atoms with Gasteiger partial charge in [-0.25, -0.2) is 0 Å². The van der Waals surface area contributed by atoms with Crippen LogP contribution < -0.4 is 10.1 Å². The number of nitrogens with one attached hydrogen (secondary N) is 1. The van der Waals surface area contributed by atoms with Gasteiger partial charge < -0.3 is 10.1 Å². The number of carbonyl (C=O) groups is 1. The van der Waals surface area contributed by atoms with Crippen molar-refractivity contribution in [3.63, 3.8) is 0 Å². The molecular formula is C12H16ClNO2. The Morgan fingerprint density at radius 3 is 2.50 bits per heavy atom. The number of amides is 1. The Hall–Kier alpha value is -1.22. The molecule has 1 unspecified atom stereocenters. The monoisotopic (exact) mass is 241 g/mol. The van der Waals surface area contributed by atoms with E-state index in [1.165, 1.54) is 0 Å². The van der Waals surface area contributed by atoms with Crippen molar-refractivity contribution in [2.45, 2.75) is 32.9 Å². The summed E-state index contributed by atoms with van der Waals surface area (Å²) in [5.41, 5.74) is 0. The first-order valence-electron chi connectivity index (χ1n) is 5.22. The Labute approximate surface area is 101 Å². The zero-order chi connectivity index (χ0) is 12.1. The molecule has 0 heterocycles. The van der Waals surface area contributed by atoms with E-state index in [2.05, 4.69) is 5.32 Å². The minimum Gasteiger partial charge on any atom is -0.479 e. The lowest BCUT2D eigenvalue weighted by Gasteiger charge is -2.16. The maximum atomic E-state index is 11.6. The first kappa shape index (κ1) is 12.8. The molecule has 1 atom stereocenters. The fourth-order valence-electron chi connectivity index (χ4n) is 1.19. The highest BCUT2D eigenvalue weighted by atomic mass is 35.5. The Bertz CT molecular complexity index is 366. The number of benzene rings is 1. The van der Waals surface area contributed by atoms with Gasteiger partial charge in [-0.2, -0.15) is 0 Å². The second kappa shape index (κ2) is 5.75. The van der Waals surface area contributed by atoms with Gasteiger partial charge in [-0.15, -0.1) is 0 Å². The molecule has 1 rings (SSSR count). The van der Waals surface area contributed by atoms with Crippen molar-refractivity contribution in [1.29, 1.82) is 0 Å². The number of hydrogen-bond donors (Lipinski definition) is 1. The van der Waals surface area contributed by atoms with Crippen LogP contribution >= 0.6 is 11.6 Å². The molecule has 0 aliphatic carbocycles. The summed E-state index contributed by atoms with van der Waals surface area (Å²) in [6, 6.07) is 7.19. The predicted molar refractivity (Wildman–Crippen MR) is 64.8 cm³/mol. The van der Waals surface area contributed by atoms with E-state index in [0.29, 0.717) is 10.8 Å². The van der Waals surface area contributed by atoms with E-state index >= 15 is 0 Å². The van der Waals surface area contributed by atoms with E-state index in [-0.39, 0.29) is 11.9 Å². The minimum absolute atomic E-state index is 0.102. The Morgan fingerprint density at radius 1 is 1.31 bits per heavy atom. The lowest BCUT2D eigenvalue weighted by molar-refractivity contribution is -0.127. The molecule has 4 heteroatoms. The number of halogens is 1. The average Bonchev–Trinajstić information content (AvgIpc) is 2.20. The summed E-state index contributed by atoms with van der Waals surface area (Å²) in [4.78, 5) is 11.6. The Morgan fingerprint density at radius 2 is 1.94 bits per heavy atom. The van der Waals surface area contributed by atoms with Crippen LogP contribution in [-0.4, -0.2) is 18.1 Å². The standard InChI is InChI=1S/C12H16ClNO2/c1-8(2)14-12(15)9(3)16-11-7-5-4-6-10(11)13/h4-9H,1-3H3,(H,14,15). The smallest absolute Gasteiger partial charge is 0.260 e. The number of ether oxygens (including phenoxy) is 1. The number of carbonyl (C=O) groups excluding carboxylic acids is 1. The van der Waals surface area contributed by atoms with Crippen LogP contribution in [0.2, 0.25) is 5.02 Å². The zero-order valence-electron chi connectivity index (χ0n) is 9.66. The average molecular weight is 242 g/mol. The highest BCUT2D eigenvalue weighted by Crippen LogP contribution is 2.24. The van der Waals surface area contributed by atoms with E-state index in [0.717, 1.165) is 0 Å². The van der Waals surface area contributed by atoms with E-state index in [1.54, 1.807) is 19.1 Å². The van der Waals surface area contributed by atoms with Crippen molar-refractivity contribution < 1.29 is 9.53 Å². The lowest BCUT2D eigenvalue weighted by atomic mass is 10.3. The molecule has 1 N–H and O–H groups in total. The SMILES string of the molecule is CC(C)NC(=O)C(C)Oc1ccccc1Cl. The maximum Gasteiger partial charge on any atom is 0.260 e. The van der Waals surface area contributed by atoms with Crippen molar-refractivity contribution >= 4 is 17.5 Å². The van der Waals surface area contributed by atoms with Crippen LogP contribution in [0.25, 0.3) is 0 Å². The first-order valence-corrected chi connectivity index (χ1v) is 5.60. The molecule has 88 valence electrons. The van der Waals surface area contributed by atoms with Crippen LogP contribution in [0.1, 0.15) is 20.8 Å². The van der Waals surface area contributed by atoms with Gasteiger partial charge >= 0.3 is 0 Å². The van der Waals surface area contributed by atoms with Gasteiger partial charge in [0.05, 0.1) is 5.02 Å². The van der Waals surface area contributed by atoms with Crippen LogP contribution in [0.4, 0.5) is 0 Å². The van der Waals surface area contributed by atoms with E-state index in [1.807, 2.05) is 26.0 Å². The Kier molecular flexibility index (Phi) is 4.62. The highest BCUT2D eigenvalue weighted by Gasteiger charge is 2.16. The molecule has 0 aliphatic rings. The highest BCUT2D eigenvalue weighted by molar-refractivity contribution is 6.32. The van der Waals surface area contributed by atoms with Gasteiger partial charge in [0.25, 0.3) is 5.91 Å². The minimum atomic E-state index is -0.553. The van der Waals surface area contributed by atoms with Crippen molar-refractivity contribution in [2.75, 3.05) is 0 Å². The molecule has 16 heavy (non-hydrogen) atoms. The fraction of sp³-hybridized carbons (Fsp3) is 0.417. The van der Waals surface area contributed by atoms with Crippen LogP contribution in [0, 0.1) is 0 Å². The molecule has 1 aromatic carbocycles. The van der Waals surface area contributed by atoms with Gasteiger partial charge in [0, 0.05) is 6.04 Å². The molecule has 0 bridgehead atoms. The van der Waals surface area contributed by atoms with Crippen LogP contribution in [0.5, 0.6) is 5.75 Å². The van der Waals surface area contributed by atoms with Gasteiger partial charge in [-0.3, -0.25) is 4.79 Å². The van der Waals surface area contributed by atoms with Gasteiger partial charge in [-0.05, 0) is 32.9 Å². The topological polar surface area (TPSA) is 38.3 Å². The van der Waals surface area contributed by atoms with Gasteiger partial charge in [0.2, 0.25) is 0 Å². The summed E-state index contributed by atoms with van der Waals surface area (Å²) in [7, 11) is 0. The summed E-state index contributed by atoms with van der Waals surface area (Å²) in [5, 5.41) is 3.28. The molecular weight excluding hydrogens is 226 g/mol. The normalized spacial score (nSPS) is 12.3. The molecule has 0 radical (unpaired) electrons. The van der Waals surface area contributed by atoms with Gasteiger partial charge in [-0.1, -0.05) is 23.7 Å². The molecule has 0 saturated carbocycles. The second-order valence-corrected chi connectivity index (χ2v) is 4.26. The molecule has 0 aromatic heterocycles. The molecule has 1 aromatic rings. The first-order chi connectivity index (χ1) is 7.50. The number of hydrogen-bond acceptors (Lipinski definition) is 2. The number of para-hydroxylation sites is 1. The Balaban J connectivity index is 2.61. The van der Waals surface area contributed by atoms with Gasteiger partial charge in [0.1, 0.15) is 5.75 Å². The molecule has 1 amide bonds.